The van der Waals surface area contributed by atoms with Crippen LogP contribution in [0.3, 0.4) is 0 Å². The molecule has 1 aliphatic heterocycles. The number of carbonyl (C=O) groups is 1. The molecule has 0 saturated carbocycles. The van der Waals surface area contributed by atoms with Crippen LogP contribution in [0.15, 0.2) is 17.3 Å². The molecule has 1 fully saturated rings. The molecule has 1 saturated heterocycles. The molecule has 0 spiro atoms. The first-order chi connectivity index (χ1) is 10.3. The number of nitrogens with one attached hydrogen (secondary N) is 1. The van der Waals surface area contributed by atoms with Gasteiger partial charge in [-0.25, -0.2) is 13.1 Å². The number of aryl methyl sites for hydroxylation is 1. The first-order valence-electron chi connectivity index (χ1n) is 7.31. The molecule has 0 aliphatic carbocycles. The number of nitrogens with two attached hydrogens (primary N) is 1. The maximum Gasteiger partial charge on any atom is 0.244 e. The molecule has 8 nitrogen and oxygen atoms in total. The van der Waals surface area contributed by atoms with E-state index in [4.69, 9.17) is 5.73 Å². The van der Waals surface area contributed by atoms with Crippen molar-refractivity contribution in [1.82, 2.24) is 19.4 Å². The third kappa shape index (κ3) is 4.90. The quantitative estimate of drug-likeness (QED) is 0.744. The summed E-state index contributed by atoms with van der Waals surface area (Å²) < 4.78 is 27.9. The van der Waals surface area contributed by atoms with Crippen molar-refractivity contribution < 1.29 is 13.2 Å². The zero-order chi connectivity index (χ0) is 16.3. The number of piperidine rings is 1. The van der Waals surface area contributed by atoms with Crippen LogP contribution < -0.4 is 10.5 Å². The monoisotopic (exact) mass is 365 g/mol. The summed E-state index contributed by atoms with van der Waals surface area (Å²) in [4.78, 5) is 14.0. The third-order valence-electron chi connectivity index (χ3n) is 3.98. The molecule has 2 heterocycles. The Morgan fingerprint density at radius 2 is 2.22 bits per heavy atom. The van der Waals surface area contributed by atoms with Gasteiger partial charge in [-0.05, 0) is 18.8 Å². The van der Waals surface area contributed by atoms with Crippen molar-refractivity contribution in [2.45, 2.75) is 30.7 Å². The van der Waals surface area contributed by atoms with Crippen molar-refractivity contribution in [3.8, 4) is 0 Å². The predicted octanol–water partition coefficient (Wildman–Crippen LogP) is -0.294. The van der Waals surface area contributed by atoms with Gasteiger partial charge in [-0.2, -0.15) is 5.10 Å². The minimum Gasteiger partial charge on any atom is -0.337 e. The lowest BCUT2D eigenvalue weighted by molar-refractivity contribution is -0.133. The molecule has 1 aromatic rings. The fourth-order valence-corrected chi connectivity index (χ4v) is 3.64. The van der Waals surface area contributed by atoms with Crippen LogP contribution in [0, 0.1) is 5.92 Å². The largest absolute Gasteiger partial charge is 0.337 e. The molecule has 23 heavy (non-hydrogen) atoms. The van der Waals surface area contributed by atoms with Gasteiger partial charge in [0.2, 0.25) is 15.9 Å². The van der Waals surface area contributed by atoms with Crippen molar-refractivity contribution in [2.75, 3.05) is 19.6 Å². The normalized spacial score (nSPS) is 21.8. The molecule has 1 aromatic heterocycles. The second-order valence-electron chi connectivity index (χ2n) is 5.78. The maximum absolute atomic E-state index is 12.3. The van der Waals surface area contributed by atoms with Gasteiger partial charge in [-0.15, -0.1) is 12.4 Å². The molecule has 1 aliphatic rings. The molecule has 3 N–H and O–H groups in total. The summed E-state index contributed by atoms with van der Waals surface area (Å²) >= 11 is 0. The Hall–Kier alpha value is -1.16. The minimum absolute atomic E-state index is 0. The number of carbonyl (C=O) groups excluding carboxylic acids is 1. The van der Waals surface area contributed by atoms with E-state index in [-0.39, 0.29) is 35.8 Å². The summed E-state index contributed by atoms with van der Waals surface area (Å²) in [5.41, 5.74) is 5.73. The predicted molar refractivity (Wildman–Crippen MR) is 88.6 cm³/mol. The van der Waals surface area contributed by atoms with Crippen LogP contribution in [0.1, 0.15) is 19.8 Å². The third-order valence-corrected chi connectivity index (χ3v) is 5.33. The average Bonchev–Trinajstić information content (AvgIpc) is 2.92. The number of hydrogen-bond acceptors (Lipinski definition) is 5. The fourth-order valence-electron chi connectivity index (χ4n) is 2.68. The fraction of sp³-hybridized carbons (Fsp3) is 0.692. The minimum atomic E-state index is -3.72. The van der Waals surface area contributed by atoms with E-state index in [0.717, 1.165) is 12.8 Å². The number of likely N-dealkylation sites (tertiary alicyclic amines) is 1. The summed E-state index contributed by atoms with van der Waals surface area (Å²) in [7, 11) is -2.09. The van der Waals surface area contributed by atoms with Gasteiger partial charge in [0, 0.05) is 32.4 Å². The highest BCUT2D eigenvalue weighted by atomic mass is 35.5. The summed E-state index contributed by atoms with van der Waals surface area (Å²) in [6.45, 7) is 2.89. The van der Waals surface area contributed by atoms with E-state index in [0.29, 0.717) is 19.0 Å². The van der Waals surface area contributed by atoms with Crippen LogP contribution in [0.5, 0.6) is 0 Å². The van der Waals surface area contributed by atoms with Crippen molar-refractivity contribution in [3.05, 3.63) is 12.4 Å². The van der Waals surface area contributed by atoms with Gasteiger partial charge < -0.3 is 10.6 Å². The number of sulfonamides is 1. The van der Waals surface area contributed by atoms with E-state index in [1.807, 2.05) is 0 Å². The molecule has 132 valence electrons. The molecule has 0 aromatic carbocycles. The standard InChI is InChI=1S/C13H23N5O3S.ClH/c1-10-3-4-18(11(5-10)6-14)13(19)8-16-22(20,21)12-7-15-17(2)9-12;/h7,9-11,16H,3-6,8,14H2,1-2H3;1H. The average molecular weight is 366 g/mol. The Kier molecular flexibility index (Phi) is 7.00. The van der Waals surface area contributed by atoms with Crippen LogP contribution in [0.25, 0.3) is 0 Å². The molecule has 0 bridgehead atoms. The summed E-state index contributed by atoms with van der Waals surface area (Å²) in [5.74, 6) is 0.291. The van der Waals surface area contributed by atoms with Crippen molar-refractivity contribution in [3.63, 3.8) is 0 Å². The zero-order valence-electron chi connectivity index (χ0n) is 13.3. The SMILES string of the molecule is CC1CCN(C(=O)CNS(=O)(=O)c2cnn(C)c2)C(CN)C1.Cl. The van der Waals surface area contributed by atoms with Crippen LogP contribution in [0.2, 0.25) is 0 Å². The van der Waals surface area contributed by atoms with Gasteiger partial charge >= 0.3 is 0 Å². The van der Waals surface area contributed by atoms with Gasteiger partial charge in [0.25, 0.3) is 0 Å². The van der Waals surface area contributed by atoms with Gasteiger partial charge in [-0.3, -0.25) is 9.48 Å². The van der Waals surface area contributed by atoms with Gasteiger partial charge in [0.15, 0.2) is 0 Å². The highest BCUT2D eigenvalue weighted by Gasteiger charge is 2.29. The lowest BCUT2D eigenvalue weighted by atomic mass is 9.92. The van der Waals surface area contributed by atoms with Gasteiger partial charge in [-0.1, -0.05) is 6.92 Å². The van der Waals surface area contributed by atoms with E-state index >= 15 is 0 Å². The first-order valence-corrected chi connectivity index (χ1v) is 8.79. The van der Waals surface area contributed by atoms with E-state index in [1.165, 1.54) is 17.1 Å². The maximum atomic E-state index is 12.3. The Morgan fingerprint density at radius 1 is 1.52 bits per heavy atom. The molecule has 1 amide bonds. The van der Waals surface area contributed by atoms with E-state index in [9.17, 15) is 13.2 Å². The van der Waals surface area contributed by atoms with Gasteiger partial charge in [0.1, 0.15) is 4.90 Å². The molecule has 2 atom stereocenters. The smallest absolute Gasteiger partial charge is 0.244 e. The summed E-state index contributed by atoms with van der Waals surface area (Å²) in [6, 6.07) is -0.0147. The van der Waals surface area contributed by atoms with Crippen LogP contribution in [0.4, 0.5) is 0 Å². The Morgan fingerprint density at radius 3 is 2.78 bits per heavy atom. The van der Waals surface area contributed by atoms with Crippen LogP contribution >= 0.6 is 12.4 Å². The first kappa shape index (κ1) is 19.9. The number of rotatable bonds is 5. The Labute approximate surface area is 142 Å². The second-order valence-corrected chi connectivity index (χ2v) is 7.55. The van der Waals surface area contributed by atoms with E-state index < -0.39 is 10.0 Å². The number of nitrogens with zero attached hydrogens (tertiary/aromatic N) is 3. The van der Waals surface area contributed by atoms with Crippen molar-refractivity contribution in [2.24, 2.45) is 18.7 Å². The summed E-state index contributed by atoms with van der Waals surface area (Å²) in [6.07, 6.45) is 4.41. The zero-order valence-corrected chi connectivity index (χ0v) is 14.9. The number of hydrogen-bond donors (Lipinski definition) is 2. The van der Waals surface area contributed by atoms with Gasteiger partial charge in [0.05, 0.1) is 12.7 Å². The number of halogens is 1. The highest BCUT2D eigenvalue weighted by molar-refractivity contribution is 7.89. The molecule has 0 radical (unpaired) electrons. The number of amides is 1. The lowest BCUT2D eigenvalue weighted by Crippen LogP contribution is -2.52. The Bertz CT molecular complexity index is 633. The molecule has 10 heteroatoms. The van der Waals surface area contributed by atoms with E-state index in [1.54, 1.807) is 11.9 Å². The lowest BCUT2D eigenvalue weighted by Gasteiger charge is -2.38. The van der Waals surface area contributed by atoms with Crippen LogP contribution in [-0.4, -0.2) is 54.7 Å². The highest BCUT2D eigenvalue weighted by Crippen LogP contribution is 2.21. The summed E-state index contributed by atoms with van der Waals surface area (Å²) in [5, 5.41) is 3.82. The molecular weight excluding hydrogens is 342 g/mol. The Balaban J connectivity index is 0.00000264. The molecule has 2 rings (SSSR count). The number of aromatic nitrogens is 2. The van der Waals surface area contributed by atoms with E-state index in [2.05, 4.69) is 16.7 Å². The van der Waals surface area contributed by atoms with Crippen molar-refractivity contribution in [1.29, 1.82) is 0 Å². The second kappa shape index (κ2) is 8.09. The molecular formula is C13H24ClN5O3S. The topological polar surface area (TPSA) is 110 Å². The molecule has 2 unspecified atom stereocenters. The van der Waals surface area contributed by atoms with Crippen molar-refractivity contribution >= 4 is 28.3 Å². The van der Waals surface area contributed by atoms with Crippen LogP contribution in [-0.2, 0) is 21.9 Å².